The molecule has 1 unspecified atom stereocenters. The van der Waals surface area contributed by atoms with Gasteiger partial charge in [0.2, 0.25) is 23.6 Å². The van der Waals surface area contributed by atoms with Crippen LogP contribution in [0.4, 0.5) is 16.2 Å². The Balaban J connectivity index is 0.885. The van der Waals surface area contributed by atoms with Gasteiger partial charge in [-0.1, -0.05) is 105 Å². The number of amides is 4. The van der Waals surface area contributed by atoms with Crippen LogP contribution in [0.1, 0.15) is 171 Å². The first kappa shape index (κ1) is 58.9. The maximum Gasteiger partial charge on any atom is 0.514 e. The molecule has 0 spiro atoms. The predicted octanol–water partition coefficient (Wildman–Crippen LogP) is 12.0. The Labute approximate surface area is 446 Å². The highest BCUT2D eigenvalue weighted by Crippen LogP contribution is 2.67. The zero-order chi connectivity index (χ0) is 54.5. The van der Waals surface area contributed by atoms with Gasteiger partial charge in [-0.05, 0) is 159 Å². The van der Waals surface area contributed by atoms with Crippen molar-refractivity contribution in [3.05, 3.63) is 75.9 Å². The third-order valence-electron chi connectivity index (χ3n) is 17.4. The fourth-order valence-electron chi connectivity index (χ4n) is 13.4. The van der Waals surface area contributed by atoms with E-state index in [0.717, 1.165) is 48.3 Å². The number of hydrogen-bond donors (Lipinski definition) is 4. The van der Waals surface area contributed by atoms with Gasteiger partial charge in [-0.25, -0.2) is 4.79 Å². The van der Waals surface area contributed by atoms with E-state index < -0.39 is 40.9 Å². The zero-order valence-electron chi connectivity index (χ0n) is 46.5. The molecule has 4 aliphatic carbocycles. The van der Waals surface area contributed by atoms with Gasteiger partial charge < -0.3 is 35.5 Å². The summed E-state index contributed by atoms with van der Waals surface area (Å²) in [6.45, 7) is 21.2. The molecule has 414 valence electrons. The maximum absolute atomic E-state index is 13.7. The van der Waals surface area contributed by atoms with Gasteiger partial charge in [0.1, 0.15) is 24.4 Å². The second kappa shape index (κ2) is 27.1. The predicted molar refractivity (Wildman–Crippen MR) is 291 cm³/mol. The Hall–Kier alpha value is -5.31. The van der Waals surface area contributed by atoms with Crippen molar-refractivity contribution < 1.29 is 43.1 Å². The summed E-state index contributed by atoms with van der Waals surface area (Å²) in [7, 11) is 0. The number of ether oxygens (including phenoxy) is 3. The van der Waals surface area contributed by atoms with E-state index in [-0.39, 0.29) is 60.1 Å². The first-order valence-corrected chi connectivity index (χ1v) is 28.3. The second-order valence-electron chi connectivity index (χ2n) is 24.2. The number of nitro groups is 1. The molecule has 10 atom stereocenters. The van der Waals surface area contributed by atoms with Crippen LogP contribution in [0.2, 0.25) is 0 Å². The molecule has 15 heteroatoms. The minimum atomic E-state index is -0.991. The van der Waals surface area contributed by atoms with Crippen molar-refractivity contribution >= 4 is 41.2 Å². The van der Waals surface area contributed by atoms with Crippen LogP contribution < -0.4 is 26.0 Å². The number of rotatable bonds is 26. The third-order valence-corrected chi connectivity index (χ3v) is 17.4. The van der Waals surface area contributed by atoms with Crippen molar-refractivity contribution in [2.75, 3.05) is 18.5 Å². The minimum absolute atomic E-state index is 0.0201. The molecule has 0 radical (unpaired) electrons. The molecule has 6 rings (SSSR count). The quantitative estimate of drug-likeness (QED) is 0.0175. The topological polar surface area (TPSA) is 204 Å². The van der Waals surface area contributed by atoms with Crippen molar-refractivity contribution in [2.45, 2.75) is 190 Å². The second-order valence-corrected chi connectivity index (χ2v) is 24.2. The van der Waals surface area contributed by atoms with Crippen LogP contribution in [0.15, 0.2) is 60.2 Å². The van der Waals surface area contributed by atoms with Gasteiger partial charge in [-0.15, -0.1) is 0 Å². The number of non-ortho nitro benzene ring substituents is 1. The molecule has 2 aromatic carbocycles. The summed E-state index contributed by atoms with van der Waals surface area (Å²) in [6, 6.07) is 9.77. The van der Waals surface area contributed by atoms with Crippen molar-refractivity contribution in [3.63, 3.8) is 0 Å². The summed E-state index contributed by atoms with van der Waals surface area (Å²) >= 11 is 0. The molecule has 15 nitrogen and oxygen atoms in total. The average Bonchev–Trinajstić information content (AvgIpc) is 3.72. The van der Waals surface area contributed by atoms with Gasteiger partial charge in [0, 0.05) is 43.8 Å². The smallest absolute Gasteiger partial charge is 0.429 e. The number of nitro benzene ring substituents is 1. The van der Waals surface area contributed by atoms with Crippen molar-refractivity contribution in [2.24, 2.45) is 58.2 Å². The molecule has 3 saturated carbocycles. The molecule has 0 saturated heterocycles. The number of benzene rings is 2. The van der Waals surface area contributed by atoms with E-state index in [2.05, 4.69) is 62.0 Å². The Morgan fingerprint density at radius 1 is 0.747 bits per heavy atom. The number of anilines is 1. The first-order valence-electron chi connectivity index (χ1n) is 28.3. The zero-order valence-corrected chi connectivity index (χ0v) is 46.5. The molecule has 4 aliphatic rings. The first-order chi connectivity index (χ1) is 35.6. The molecule has 3 fully saturated rings. The lowest BCUT2D eigenvalue weighted by atomic mass is 9.47. The minimum Gasteiger partial charge on any atom is -0.429 e. The summed E-state index contributed by atoms with van der Waals surface area (Å²) in [5, 5.41) is 22.3. The van der Waals surface area contributed by atoms with Gasteiger partial charge in [-0.2, -0.15) is 0 Å². The number of nitrogens with one attached hydrogen (secondary N) is 4. The molecule has 4 N–H and O–H groups in total. The van der Waals surface area contributed by atoms with Crippen molar-refractivity contribution in [1.82, 2.24) is 16.0 Å². The molecule has 2 aromatic rings. The normalized spacial score (nSPS) is 25.2. The molecule has 0 aromatic heterocycles. The summed E-state index contributed by atoms with van der Waals surface area (Å²) in [5.41, 5.74) is 3.30. The number of carbonyl (C=O) groups excluding carboxylic acids is 5. The number of nitrogens with zero attached hydrogens (tertiary/aromatic N) is 1. The van der Waals surface area contributed by atoms with E-state index >= 15 is 0 Å². The standard InChI is InChI=1S/C60H89N5O10/c1-38(2)12-10-13-41(7)49-24-25-50-48-23-16-43-36-47(28-30-59(43,8)51(48)29-31-60(49,50)9)73-33-11-32-61-54(66)26-27-55(67)63-52(34-39(3)4)57(69)64-53(35-40(5)6)56(68)62-44-17-14-42(15-18-44)37-74-58(70)75-46-21-19-45(20-22-46)65(71)72/h14-22,38-41,47-53H,10-13,23-37H2,1-9H3,(H,61,66)(H,62,68)(H,63,67)(H,64,69)/t41-,47+,48+,49-,50+,51?,52+,53+,59+,60-/m1/s1. The van der Waals surface area contributed by atoms with Gasteiger partial charge in [0.05, 0.1) is 11.0 Å². The van der Waals surface area contributed by atoms with Gasteiger partial charge in [0.25, 0.3) is 5.69 Å². The summed E-state index contributed by atoms with van der Waals surface area (Å²) in [5.74, 6) is 3.53. The fourth-order valence-corrected chi connectivity index (χ4v) is 13.4. The third kappa shape index (κ3) is 16.4. The van der Waals surface area contributed by atoms with Crippen LogP contribution in [0, 0.1) is 68.3 Å². The highest BCUT2D eigenvalue weighted by molar-refractivity contribution is 5.98. The number of hydrogen-bond acceptors (Lipinski definition) is 10. The van der Waals surface area contributed by atoms with E-state index in [1.165, 1.54) is 82.1 Å². The average molecular weight is 1040 g/mol. The SMILES string of the molecule is CC(C)CCC[C@@H](C)[C@H]1CC[C@H]2[C@@H]3CC=C4C[C@@H](OCCCNC(=O)CCC(=O)N[C@@H](CC(C)C)C(=O)N[C@@H](CC(C)C)C(=O)Nc5ccc(COC(=O)Oc6ccc([N+](=O)[O-])cc6)cc5)CC[C@]4(C)C3CC[C@]12C. The lowest BCUT2D eigenvalue weighted by Crippen LogP contribution is -2.53. The Bertz CT molecular complexity index is 2280. The Morgan fingerprint density at radius 3 is 2.09 bits per heavy atom. The monoisotopic (exact) mass is 1040 g/mol. The molecular weight excluding hydrogens is 951 g/mol. The summed E-state index contributed by atoms with van der Waals surface area (Å²) in [4.78, 5) is 75.8. The molecule has 0 heterocycles. The van der Waals surface area contributed by atoms with Crippen molar-refractivity contribution in [3.8, 4) is 5.75 Å². The number of carbonyl (C=O) groups is 5. The highest BCUT2D eigenvalue weighted by atomic mass is 16.7. The van der Waals surface area contributed by atoms with E-state index in [9.17, 15) is 34.1 Å². The van der Waals surface area contributed by atoms with Crippen LogP contribution in [-0.2, 0) is 35.3 Å². The van der Waals surface area contributed by atoms with Crippen LogP contribution in [0.3, 0.4) is 0 Å². The van der Waals surface area contributed by atoms with Crippen LogP contribution in [-0.4, -0.2) is 66.0 Å². The molecule has 4 amide bonds. The van der Waals surface area contributed by atoms with Crippen LogP contribution in [0.25, 0.3) is 0 Å². The van der Waals surface area contributed by atoms with Crippen LogP contribution >= 0.6 is 0 Å². The largest absolute Gasteiger partial charge is 0.514 e. The fraction of sp³-hybridized carbons (Fsp3) is 0.683. The molecule has 0 bridgehead atoms. The number of allylic oxidation sites excluding steroid dienone is 1. The van der Waals surface area contributed by atoms with Gasteiger partial charge in [0.15, 0.2) is 0 Å². The van der Waals surface area contributed by atoms with Gasteiger partial charge in [-0.3, -0.25) is 29.3 Å². The van der Waals surface area contributed by atoms with E-state index in [1.807, 2.05) is 27.7 Å². The summed E-state index contributed by atoms with van der Waals surface area (Å²) in [6.07, 6.45) is 17.3. The lowest BCUT2D eigenvalue weighted by molar-refractivity contribution is -0.384. The van der Waals surface area contributed by atoms with E-state index in [0.29, 0.717) is 49.1 Å². The molecular formula is C60H89N5O10. The highest BCUT2D eigenvalue weighted by Gasteiger charge is 2.59. The van der Waals surface area contributed by atoms with Gasteiger partial charge >= 0.3 is 6.16 Å². The molecule has 75 heavy (non-hydrogen) atoms. The number of fused-ring (bicyclic) bond motifs is 5. The maximum atomic E-state index is 13.7. The Kier molecular flexibility index (Phi) is 21.3. The van der Waals surface area contributed by atoms with E-state index in [1.54, 1.807) is 29.8 Å². The van der Waals surface area contributed by atoms with Crippen LogP contribution in [0.5, 0.6) is 5.75 Å². The molecule has 0 aliphatic heterocycles. The van der Waals surface area contributed by atoms with E-state index in [4.69, 9.17) is 14.2 Å². The Morgan fingerprint density at radius 2 is 1.43 bits per heavy atom. The summed E-state index contributed by atoms with van der Waals surface area (Å²) < 4.78 is 16.7. The lowest BCUT2D eigenvalue weighted by Gasteiger charge is -2.58. The van der Waals surface area contributed by atoms with Crippen molar-refractivity contribution in [1.29, 1.82) is 0 Å².